The molecule has 2 fully saturated rings. The second-order valence-corrected chi connectivity index (χ2v) is 12.4. The van der Waals surface area contributed by atoms with Crippen LogP contribution in [0.2, 0.25) is 0 Å². The van der Waals surface area contributed by atoms with E-state index in [1.807, 2.05) is 78.9 Å². The zero-order chi connectivity index (χ0) is 33.9. The van der Waals surface area contributed by atoms with Crippen LogP contribution in [0.5, 0.6) is 0 Å². The maximum Gasteiger partial charge on any atom is 0.310 e. The Labute approximate surface area is 282 Å². The van der Waals surface area contributed by atoms with Gasteiger partial charge in [-0.1, -0.05) is 42.5 Å². The van der Waals surface area contributed by atoms with Gasteiger partial charge in [0.15, 0.2) is 0 Å². The minimum absolute atomic E-state index is 0.0220. The number of likely N-dealkylation sites (N-methyl/N-ethyl adjacent to an activating group) is 1. The van der Waals surface area contributed by atoms with E-state index >= 15 is 0 Å². The Bertz CT molecular complexity index is 1970. The smallest absolute Gasteiger partial charge is 0.310 e. The van der Waals surface area contributed by atoms with E-state index in [1.165, 1.54) is 17.4 Å². The Kier molecular flexibility index (Phi) is 8.95. The molecule has 4 N–H and O–H groups in total. The number of rotatable bonds is 9. The fourth-order valence-corrected chi connectivity index (χ4v) is 6.83. The summed E-state index contributed by atoms with van der Waals surface area (Å²) < 4.78 is 5.14. The van der Waals surface area contributed by atoms with Crippen LogP contribution in [0.3, 0.4) is 0 Å². The standard InChI is InChI=1S/C37H37N7O5/c1-38-32(24-7-3-2-4-8-24)36(47)43-18-5-9-30(43)34(46)41-27-15-16-28-25(21-27)22-29(42-28)23-11-13-26(14-12-23)40-33(45)31-10-6-19-44(31)37(48)35-39-17-20-49-35/h2-4,7-8,11-17,20-22,30-32,38,42H,5-6,9-10,18-19H2,1H3,(H,40,45)(H,41,46)/t30-,31-,32+/m0/s1. The van der Waals surface area contributed by atoms with Crippen LogP contribution < -0.4 is 16.0 Å². The minimum atomic E-state index is -0.598. The Morgan fingerprint density at radius 3 is 2.20 bits per heavy atom. The van der Waals surface area contributed by atoms with Crippen LogP contribution in [0.15, 0.2) is 95.7 Å². The van der Waals surface area contributed by atoms with Crippen molar-refractivity contribution >= 4 is 45.9 Å². The Morgan fingerprint density at radius 1 is 0.837 bits per heavy atom. The number of amides is 4. The lowest BCUT2D eigenvalue weighted by molar-refractivity contribution is -0.138. The van der Waals surface area contributed by atoms with Crippen LogP contribution in [0.1, 0.15) is 48.0 Å². The first kappa shape index (κ1) is 31.8. The van der Waals surface area contributed by atoms with Gasteiger partial charge in [-0.25, -0.2) is 4.98 Å². The first-order valence-electron chi connectivity index (χ1n) is 16.5. The molecule has 12 heteroatoms. The number of carbonyl (C=O) groups is 4. The molecule has 7 rings (SSSR count). The minimum Gasteiger partial charge on any atom is -0.441 e. The monoisotopic (exact) mass is 659 g/mol. The van der Waals surface area contributed by atoms with Crippen molar-refractivity contribution < 1.29 is 23.6 Å². The third kappa shape index (κ3) is 6.55. The molecular weight excluding hydrogens is 622 g/mol. The number of hydrogen-bond donors (Lipinski definition) is 4. The summed E-state index contributed by atoms with van der Waals surface area (Å²) in [4.78, 5) is 63.3. The molecule has 0 bridgehead atoms. The van der Waals surface area contributed by atoms with Gasteiger partial charge in [0.25, 0.3) is 5.89 Å². The molecule has 2 aliphatic heterocycles. The molecule has 0 spiro atoms. The molecule has 5 aromatic rings. The predicted molar refractivity (Wildman–Crippen MR) is 185 cm³/mol. The fraction of sp³-hybridized carbons (Fsp3) is 0.270. The number of likely N-dealkylation sites (tertiary alicyclic amines) is 2. The van der Waals surface area contributed by atoms with Gasteiger partial charge in [-0.2, -0.15) is 0 Å². The highest BCUT2D eigenvalue weighted by Crippen LogP contribution is 2.29. The number of hydrogen-bond acceptors (Lipinski definition) is 7. The normalized spacial score (nSPS) is 18.1. The quantitative estimate of drug-likeness (QED) is 0.175. The van der Waals surface area contributed by atoms with Gasteiger partial charge < -0.3 is 35.2 Å². The molecule has 0 radical (unpaired) electrons. The molecule has 4 amide bonds. The van der Waals surface area contributed by atoms with Gasteiger partial charge >= 0.3 is 5.91 Å². The number of H-pyrrole nitrogens is 1. The predicted octanol–water partition coefficient (Wildman–Crippen LogP) is 4.96. The Hall–Kier alpha value is -5.75. The first-order chi connectivity index (χ1) is 23.9. The van der Waals surface area contributed by atoms with Crippen molar-refractivity contribution in [3.8, 4) is 11.3 Å². The van der Waals surface area contributed by atoms with E-state index in [9.17, 15) is 19.2 Å². The van der Waals surface area contributed by atoms with Gasteiger partial charge in [0.1, 0.15) is 24.4 Å². The van der Waals surface area contributed by atoms with Crippen molar-refractivity contribution in [2.45, 2.75) is 43.8 Å². The van der Waals surface area contributed by atoms with E-state index in [4.69, 9.17) is 4.42 Å². The third-order valence-corrected chi connectivity index (χ3v) is 9.29. The number of benzene rings is 3. The summed E-state index contributed by atoms with van der Waals surface area (Å²) in [6, 6.07) is 23.0. The van der Waals surface area contributed by atoms with Gasteiger partial charge in [0.2, 0.25) is 17.7 Å². The molecule has 2 aromatic heterocycles. The average molecular weight is 660 g/mol. The second-order valence-electron chi connectivity index (χ2n) is 12.4. The van der Waals surface area contributed by atoms with Gasteiger partial charge in [0.05, 0.1) is 6.20 Å². The fourth-order valence-electron chi connectivity index (χ4n) is 6.83. The molecule has 49 heavy (non-hydrogen) atoms. The number of carbonyl (C=O) groups excluding carboxylic acids is 4. The van der Waals surface area contributed by atoms with Crippen LogP contribution in [0.4, 0.5) is 11.4 Å². The molecule has 0 unspecified atom stereocenters. The van der Waals surface area contributed by atoms with Crippen LogP contribution in [0.25, 0.3) is 22.2 Å². The number of anilines is 2. The lowest BCUT2D eigenvalue weighted by Gasteiger charge is -2.28. The third-order valence-electron chi connectivity index (χ3n) is 9.29. The average Bonchev–Trinajstić information content (AvgIpc) is 3.95. The number of fused-ring (bicyclic) bond motifs is 1. The van der Waals surface area contributed by atoms with Crippen molar-refractivity contribution in [1.29, 1.82) is 0 Å². The zero-order valence-electron chi connectivity index (χ0n) is 27.0. The molecule has 3 aromatic carbocycles. The van der Waals surface area contributed by atoms with Crippen molar-refractivity contribution in [1.82, 2.24) is 25.1 Å². The largest absolute Gasteiger partial charge is 0.441 e. The van der Waals surface area contributed by atoms with E-state index in [1.54, 1.807) is 11.9 Å². The summed E-state index contributed by atoms with van der Waals surface area (Å²) in [5.41, 5.74) is 4.83. The van der Waals surface area contributed by atoms with Crippen LogP contribution in [-0.2, 0) is 14.4 Å². The highest BCUT2D eigenvalue weighted by Gasteiger charge is 2.38. The maximum atomic E-state index is 13.5. The van der Waals surface area contributed by atoms with E-state index in [2.05, 4.69) is 25.9 Å². The topological polar surface area (TPSA) is 153 Å². The number of aromatic amines is 1. The number of nitrogens with zero attached hydrogens (tertiary/aromatic N) is 3. The molecule has 12 nitrogen and oxygen atoms in total. The lowest BCUT2D eigenvalue weighted by Crippen LogP contribution is -2.47. The highest BCUT2D eigenvalue weighted by atomic mass is 16.4. The molecule has 2 saturated heterocycles. The van der Waals surface area contributed by atoms with Crippen LogP contribution in [-0.4, -0.2) is 75.6 Å². The van der Waals surface area contributed by atoms with Crippen LogP contribution in [0, 0.1) is 0 Å². The number of oxazole rings is 1. The molecule has 3 atom stereocenters. The van der Waals surface area contributed by atoms with Crippen molar-refractivity contribution in [2.24, 2.45) is 0 Å². The van der Waals surface area contributed by atoms with Crippen molar-refractivity contribution in [3.63, 3.8) is 0 Å². The van der Waals surface area contributed by atoms with Gasteiger partial charge in [0, 0.05) is 41.1 Å². The summed E-state index contributed by atoms with van der Waals surface area (Å²) >= 11 is 0. The highest BCUT2D eigenvalue weighted by molar-refractivity contribution is 6.01. The van der Waals surface area contributed by atoms with E-state index in [0.29, 0.717) is 37.3 Å². The number of nitrogens with one attached hydrogen (secondary N) is 4. The Balaban J connectivity index is 0.993. The van der Waals surface area contributed by atoms with Crippen molar-refractivity contribution in [3.05, 3.63) is 103 Å². The first-order valence-corrected chi connectivity index (χ1v) is 16.5. The maximum absolute atomic E-state index is 13.5. The molecule has 4 heterocycles. The van der Waals surface area contributed by atoms with E-state index < -0.39 is 24.0 Å². The van der Waals surface area contributed by atoms with E-state index in [0.717, 1.165) is 40.6 Å². The van der Waals surface area contributed by atoms with Crippen molar-refractivity contribution in [2.75, 3.05) is 30.8 Å². The summed E-state index contributed by atoms with van der Waals surface area (Å²) in [5, 5.41) is 9.99. The number of aromatic nitrogens is 2. The van der Waals surface area contributed by atoms with Gasteiger partial charge in [-0.3, -0.25) is 19.2 Å². The second kappa shape index (κ2) is 13.8. The Morgan fingerprint density at radius 2 is 1.51 bits per heavy atom. The lowest BCUT2D eigenvalue weighted by atomic mass is 10.1. The zero-order valence-corrected chi connectivity index (χ0v) is 27.0. The molecular formula is C37H37N7O5. The van der Waals surface area contributed by atoms with Crippen LogP contribution >= 0.6 is 0 Å². The summed E-state index contributed by atoms with van der Waals surface area (Å²) in [7, 11) is 1.75. The molecule has 0 saturated carbocycles. The van der Waals surface area contributed by atoms with Gasteiger partial charge in [-0.15, -0.1) is 0 Å². The summed E-state index contributed by atoms with van der Waals surface area (Å²) in [6.07, 6.45) is 5.41. The molecule has 250 valence electrons. The SMILES string of the molecule is CN[C@@H](C(=O)N1CCC[C@H]1C(=O)Nc1ccc2[nH]c(-c3ccc(NC(=O)[C@@H]4CCCN4C(=O)c4ncco4)cc3)cc2c1)c1ccccc1. The van der Waals surface area contributed by atoms with Gasteiger partial charge in [-0.05, 0) is 80.3 Å². The summed E-state index contributed by atoms with van der Waals surface area (Å²) in [6.45, 7) is 1.00. The molecule has 2 aliphatic rings. The summed E-state index contributed by atoms with van der Waals surface area (Å²) in [5.74, 6) is -0.985. The molecule has 0 aliphatic carbocycles. The van der Waals surface area contributed by atoms with E-state index in [-0.39, 0.29) is 23.6 Å².